The van der Waals surface area contributed by atoms with Crippen LogP contribution in [0, 0.1) is 5.92 Å². The van der Waals surface area contributed by atoms with Gasteiger partial charge in [-0.1, -0.05) is 6.07 Å². The molecule has 1 aromatic rings. The second-order valence-electron chi connectivity index (χ2n) is 5.10. The Hall–Kier alpha value is -0.700. The predicted molar refractivity (Wildman–Crippen MR) is 104 cm³/mol. The van der Waals surface area contributed by atoms with Gasteiger partial charge in [0.25, 0.3) is 0 Å². The molecule has 0 atom stereocenters. The summed E-state index contributed by atoms with van der Waals surface area (Å²) in [6, 6.07) is 3.97. The quantitative estimate of drug-likeness (QED) is 0.284. The Balaban J connectivity index is 0.00000242. The van der Waals surface area contributed by atoms with Crippen molar-refractivity contribution in [2.24, 2.45) is 10.9 Å². The van der Waals surface area contributed by atoms with Gasteiger partial charge in [-0.05, 0) is 30.6 Å². The fourth-order valence-corrected chi connectivity index (χ4v) is 2.07. The molecule has 1 fully saturated rings. The van der Waals surface area contributed by atoms with E-state index in [1.165, 1.54) is 12.8 Å². The molecule has 5 nitrogen and oxygen atoms in total. The zero-order valence-electron chi connectivity index (χ0n) is 13.2. The van der Waals surface area contributed by atoms with Crippen LogP contribution in [0.3, 0.4) is 0 Å². The van der Waals surface area contributed by atoms with E-state index in [0.29, 0.717) is 12.4 Å². The number of ether oxygens (including phenoxy) is 1. The number of aromatic nitrogens is 1. The van der Waals surface area contributed by atoms with E-state index in [1.807, 2.05) is 30.1 Å². The van der Waals surface area contributed by atoms with Crippen molar-refractivity contribution in [3.05, 3.63) is 23.9 Å². The van der Waals surface area contributed by atoms with E-state index in [0.717, 1.165) is 36.3 Å². The molecule has 0 spiro atoms. The highest BCUT2D eigenvalue weighted by atomic mass is 127. The number of guanidine groups is 1. The topological polar surface area (TPSA) is 58.5 Å². The lowest BCUT2D eigenvalue weighted by Crippen LogP contribution is -2.37. The van der Waals surface area contributed by atoms with Crippen LogP contribution in [0.15, 0.2) is 23.3 Å². The molecule has 2 rings (SSSR count). The summed E-state index contributed by atoms with van der Waals surface area (Å²) in [5.74, 6) is 3.35. The van der Waals surface area contributed by atoms with Crippen LogP contribution in [0.25, 0.3) is 0 Å². The predicted octanol–water partition coefficient (Wildman–Crippen LogP) is 2.52. The first-order chi connectivity index (χ1) is 10.3. The van der Waals surface area contributed by atoms with Crippen molar-refractivity contribution in [1.82, 2.24) is 15.6 Å². The van der Waals surface area contributed by atoms with Gasteiger partial charge >= 0.3 is 0 Å². The Bertz CT molecular complexity index is 451. The van der Waals surface area contributed by atoms with E-state index < -0.39 is 0 Å². The average Bonchev–Trinajstić information content (AvgIpc) is 3.34. The van der Waals surface area contributed by atoms with Gasteiger partial charge in [0.05, 0.1) is 6.61 Å². The average molecular weight is 436 g/mol. The van der Waals surface area contributed by atoms with Crippen molar-refractivity contribution >= 4 is 41.7 Å². The van der Waals surface area contributed by atoms with Crippen LogP contribution < -0.4 is 15.4 Å². The number of nitrogens with zero attached hydrogens (tertiary/aromatic N) is 2. The molecule has 1 aliphatic carbocycles. The normalized spacial score (nSPS) is 14.2. The van der Waals surface area contributed by atoms with Crippen molar-refractivity contribution in [3.8, 4) is 5.88 Å². The Kier molecular flexibility index (Phi) is 9.61. The third-order valence-electron chi connectivity index (χ3n) is 3.24. The molecule has 1 saturated carbocycles. The van der Waals surface area contributed by atoms with Crippen molar-refractivity contribution in [1.29, 1.82) is 0 Å². The number of aliphatic imine (C=N–C) groups is 1. The van der Waals surface area contributed by atoms with Gasteiger partial charge in [-0.3, -0.25) is 4.99 Å². The number of nitrogens with one attached hydrogen (secondary N) is 2. The lowest BCUT2D eigenvalue weighted by molar-refractivity contribution is 0.288. The SMILES string of the molecule is CN=C(NCCSC)NCc1ccc(OCC2CC2)nc1.I. The highest BCUT2D eigenvalue weighted by Crippen LogP contribution is 2.29. The minimum Gasteiger partial charge on any atom is -0.477 e. The maximum Gasteiger partial charge on any atom is 0.213 e. The summed E-state index contributed by atoms with van der Waals surface area (Å²) in [6.45, 7) is 2.42. The van der Waals surface area contributed by atoms with Crippen LogP contribution >= 0.6 is 35.7 Å². The van der Waals surface area contributed by atoms with Gasteiger partial charge in [-0.25, -0.2) is 4.98 Å². The number of halogens is 1. The molecule has 22 heavy (non-hydrogen) atoms. The molecule has 1 aromatic heterocycles. The van der Waals surface area contributed by atoms with Crippen LogP contribution in [-0.4, -0.2) is 43.2 Å². The zero-order valence-corrected chi connectivity index (χ0v) is 16.3. The van der Waals surface area contributed by atoms with Gasteiger partial charge in [0.2, 0.25) is 5.88 Å². The van der Waals surface area contributed by atoms with Crippen molar-refractivity contribution < 1.29 is 4.74 Å². The van der Waals surface area contributed by atoms with Crippen molar-refractivity contribution in [3.63, 3.8) is 0 Å². The third kappa shape index (κ3) is 7.53. The molecule has 1 heterocycles. The molecule has 0 radical (unpaired) electrons. The molecular weight excluding hydrogens is 411 g/mol. The fourth-order valence-electron chi connectivity index (χ4n) is 1.77. The summed E-state index contributed by atoms with van der Waals surface area (Å²) < 4.78 is 5.63. The molecule has 124 valence electrons. The Morgan fingerprint density at radius 1 is 1.41 bits per heavy atom. The van der Waals surface area contributed by atoms with E-state index in [9.17, 15) is 0 Å². The molecule has 0 aromatic carbocycles. The van der Waals surface area contributed by atoms with E-state index in [4.69, 9.17) is 4.74 Å². The first-order valence-electron chi connectivity index (χ1n) is 7.33. The fraction of sp³-hybridized carbons (Fsp3) is 0.600. The van der Waals surface area contributed by atoms with Gasteiger partial charge in [0.1, 0.15) is 0 Å². The van der Waals surface area contributed by atoms with Crippen molar-refractivity contribution in [2.75, 3.05) is 32.2 Å². The maximum absolute atomic E-state index is 5.63. The molecule has 0 aliphatic heterocycles. The summed E-state index contributed by atoms with van der Waals surface area (Å²) in [7, 11) is 1.78. The van der Waals surface area contributed by atoms with E-state index in [-0.39, 0.29) is 24.0 Å². The Morgan fingerprint density at radius 2 is 2.23 bits per heavy atom. The number of hydrogen-bond donors (Lipinski definition) is 2. The van der Waals surface area contributed by atoms with Gasteiger partial charge in [-0.2, -0.15) is 11.8 Å². The summed E-state index contributed by atoms with van der Waals surface area (Å²) in [6.07, 6.45) is 6.54. The lowest BCUT2D eigenvalue weighted by atomic mass is 10.3. The van der Waals surface area contributed by atoms with Gasteiger partial charge in [0, 0.05) is 38.2 Å². The van der Waals surface area contributed by atoms with Crippen LogP contribution in [-0.2, 0) is 6.54 Å². The highest BCUT2D eigenvalue weighted by Gasteiger charge is 2.21. The van der Waals surface area contributed by atoms with Gasteiger partial charge in [0.15, 0.2) is 5.96 Å². The lowest BCUT2D eigenvalue weighted by Gasteiger charge is -2.11. The number of pyridine rings is 1. The van der Waals surface area contributed by atoms with Crippen LogP contribution in [0.2, 0.25) is 0 Å². The van der Waals surface area contributed by atoms with E-state index in [1.54, 1.807) is 7.05 Å². The molecule has 0 bridgehead atoms. The molecular formula is C15H25IN4OS. The second kappa shape index (κ2) is 10.9. The van der Waals surface area contributed by atoms with Gasteiger partial charge in [-0.15, -0.1) is 24.0 Å². The molecule has 0 amide bonds. The largest absolute Gasteiger partial charge is 0.477 e. The number of thioether (sulfide) groups is 1. The molecule has 0 unspecified atom stereocenters. The zero-order chi connectivity index (χ0) is 14.9. The number of rotatable bonds is 8. The van der Waals surface area contributed by atoms with E-state index >= 15 is 0 Å². The van der Waals surface area contributed by atoms with E-state index in [2.05, 4.69) is 26.9 Å². The summed E-state index contributed by atoms with van der Waals surface area (Å²) in [5.41, 5.74) is 1.11. The Labute approximate surface area is 154 Å². The monoisotopic (exact) mass is 436 g/mol. The second-order valence-corrected chi connectivity index (χ2v) is 6.09. The van der Waals surface area contributed by atoms with Crippen LogP contribution in [0.5, 0.6) is 5.88 Å². The molecule has 7 heteroatoms. The summed E-state index contributed by atoms with van der Waals surface area (Å²) >= 11 is 1.81. The standard InChI is InChI=1S/C15H24N4OS.HI/c1-16-15(17-7-8-21-2)19-10-13-5-6-14(18-9-13)20-11-12-3-4-12;/h5-6,9,12H,3-4,7-8,10-11H2,1-2H3,(H2,16,17,19);1H. The minimum absolute atomic E-state index is 0. The van der Waals surface area contributed by atoms with Crippen molar-refractivity contribution in [2.45, 2.75) is 19.4 Å². The first kappa shape index (κ1) is 19.3. The maximum atomic E-state index is 5.63. The highest BCUT2D eigenvalue weighted by molar-refractivity contribution is 14.0. The molecule has 0 saturated heterocycles. The summed E-state index contributed by atoms with van der Waals surface area (Å²) in [4.78, 5) is 8.52. The van der Waals surface area contributed by atoms with Crippen LogP contribution in [0.4, 0.5) is 0 Å². The molecule has 2 N–H and O–H groups in total. The third-order valence-corrected chi connectivity index (χ3v) is 3.86. The van der Waals surface area contributed by atoms with Crippen LogP contribution in [0.1, 0.15) is 18.4 Å². The number of hydrogen-bond acceptors (Lipinski definition) is 4. The minimum atomic E-state index is 0. The smallest absolute Gasteiger partial charge is 0.213 e. The summed E-state index contributed by atoms with van der Waals surface area (Å²) in [5, 5.41) is 6.54. The Morgan fingerprint density at radius 3 is 2.82 bits per heavy atom. The van der Waals surface area contributed by atoms with Gasteiger partial charge < -0.3 is 15.4 Å². The first-order valence-corrected chi connectivity index (χ1v) is 8.72. The molecule has 1 aliphatic rings.